The smallest absolute Gasteiger partial charge is 0.273 e. The maximum absolute atomic E-state index is 11.8. The second kappa shape index (κ2) is 4.49. The van der Waals surface area contributed by atoms with Crippen molar-refractivity contribution in [3.8, 4) is 0 Å². The minimum atomic E-state index is -0.146. The van der Waals surface area contributed by atoms with E-state index in [4.69, 9.17) is 9.26 Å². The van der Waals surface area contributed by atoms with Gasteiger partial charge < -0.3 is 14.6 Å². The molecule has 0 aromatic carbocycles. The van der Waals surface area contributed by atoms with Crippen molar-refractivity contribution in [2.75, 3.05) is 19.8 Å². The maximum atomic E-state index is 11.8. The van der Waals surface area contributed by atoms with Crippen LogP contribution in [-0.4, -0.2) is 30.8 Å². The van der Waals surface area contributed by atoms with Gasteiger partial charge in [-0.3, -0.25) is 4.79 Å². The first-order valence-corrected chi connectivity index (χ1v) is 6.15. The zero-order valence-electron chi connectivity index (χ0n) is 9.65. The summed E-state index contributed by atoms with van der Waals surface area (Å²) in [7, 11) is 0. The Morgan fingerprint density at radius 1 is 1.47 bits per heavy atom. The van der Waals surface area contributed by atoms with Crippen LogP contribution in [0.1, 0.15) is 41.4 Å². The Morgan fingerprint density at radius 2 is 2.35 bits per heavy atom. The van der Waals surface area contributed by atoms with Crippen LogP contribution in [0, 0.1) is 5.92 Å². The summed E-state index contributed by atoms with van der Waals surface area (Å²) in [6.45, 7) is 2.20. The highest BCUT2D eigenvalue weighted by molar-refractivity contribution is 5.92. The van der Waals surface area contributed by atoms with Gasteiger partial charge in [-0.05, 0) is 19.3 Å². The number of ether oxygens (including phenoxy) is 1. The third kappa shape index (κ3) is 2.49. The summed E-state index contributed by atoms with van der Waals surface area (Å²) in [5.41, 5.74) is 0.394. The number of aromatic nitrogens is 1. The molecule has 5 nitrogen and oxygen atoms in total. The van der Waals surface area contributed by atoms with Crippen LogP contribution in [0.2, 0.25) is 0 Å². The largest absolute Gasteiger partial charge is 0.381 e. The maximum Gasteiger partial charge on any atom is 0.273 e. The van der Waals surface area contributed by atoms with E-state index in [1.165, 1.54) is 0 Å². The molecule has 0 bridgehead atoms. The van der Waals surface area contributed by atoms with E-state index >= 15 is 0 Å². The fourth-order valence-corrected chi connectivity index (χ4v) is 2.03. The molecule has 2 aliphatic rings. The molecule has 1 atom stereocenters. The molecule has 92 valence electrons. The van der Waals surface area contributed by atoms with Gasteiger partial charge in [0.25, 0.3) is 5.91 Å². The number of hydrogen-bond acceptors (Lipinski definition) is 4. The minimum Gasteiger partial charge on any atom is -0.381 e. The average molecular weight is 236 g/mol. The average Bonchev–Trinajstić information content (AvgIpc) is 2.88. The predicted octanol–water partition coefficient (Wildman–Crippen LogP) is 1.32. The molecule has 1 saturated heterocycles. The molecule has 1 aromatic rings. The van der Waals surface area contributed by atoms with Crippen molar-refractivity contribution in [1.29, 1.82) is 0 Å². The number of nitrogens with zero attached hydrogens (tertiary/aromatic N) is 1. The van der Waals surface area contributed by atoms with E-state index in [0.29, 0.717) is 24.1 Å². The molecule has 0 radical (unpaired) electrons. The van der Waals surface area contributed by atoms with E-state index in [1.54, 1.807) is 6.07 Å². The Kier molecular flexibility index (Phi) is 2.84. The van der Waals surface area contributed by atoms with Crippen LogP contribution in [0.3, 0.4) is 0 Å². The van der Waals surface area contributed by atoms with Crippen molar-refractivity contribution in [3.63, 3.8) is 0 Å². The normalized spacial score (nSPS) is 23.9. The molecule has 3 rings (SSSR count). The van der Waals surface area contributed by atoms with Gasteiger partial charge in [0, 0.05) is 31.1 Å². The molecule has 1 amide bonds. The molecular formula is C12H16N2O3. The van der Waals surface area contributed by atoms with E-state index < -0.39 is 0 Å². The fraction of sp³-hybridized carbons (Fsp3) is 0.667. The monoisotopic (exact) mass is 236 g/mol. The van der Waals surface area contributed by atoms with E-state index in [0.717, 1.165) is 38.2 Å². The SMILES string of the molecule is O=C(NC[C@H]1CCOC1)c1cc(C2CC2)on1. The summed E-state index contributed by atoms with van der Waals surface area (Å²) in [4.78, 5) is 11.8. The molecule has 17 heavy (non-hydrogen) atoms. The van der Waals surface area contributed by atoms with Crippen LogP contribution in [0.15, 0.2) is 10.6 Å². The quantitative estimate of drug-likeness (QED) is 0.856. The van der Waals surface area contributed by atoms with Gasteiger partial charge in [-0.15, -0.1) is 0 Å². The summed E-state index contributed by atoms with van der Waals surface area (Å²) in [5, 5.41) is 6.68. The van der Waals surface area contributed by atoms with Crippen molar-refractivity contribution < 1.29 is 14.1 Å². The highest BCUT2D eigenvalue weighted by atomic mass is 16.5. The van der Waals surface area contributed by atoms with E-state index in [9.17, 15) is 4.79 Å². The van der Waals surface area contributed by atoms with E-state index in [2.05, 4.69) is 10.5 Å². The Labute approximate surface area is 99.5 Å². The molecule has 1 aromatic heterocycles. The lowest BCUT2D eigenvalue weighted by Crippen LogP contribution is -2.29. The second-order valence-electron chi connectivity index (χ2n) is 4.83. The molecule has 1 aliphatic heterocycles. The molecule has 0 unspecified atom stereocenters. The molecule has 0 spiro atoms. The van der Waals surface area contributed by atoms with E-state index in [1.807, 2.05) is 0 Å². The Bertz CT molecular complexity index is 406. The number of amides is 1. The van der Waals surface area contributed by atoms with Crippen molar-refractivity contribution in [3.05, 3.63) is 17.5 Å². The lowest BCUT2D eigenvalue weighted by atomic mass is 10.1. The van der Waals surface area contributed by atoms with Gasteiger partial charge in [-0.2, -0.15) is 0 Å². The first-order chi connectivity index (χ1) is 8.33. The highest BCUT2D eigenvalue weighted by Gasteiger charge is 2.29. The zero-order valence-corrected chi connectivity index (χ0v) is 9.65. The van der Waals surface area contributed by atoms with Crippen molar-refractivity contribution in [2.24, 2.45) is 5.92 Å². The van der Waals surface area contributed by atoms with Gasteiger partial charge in [0.2, 0.25) is 0 Å². The molecule has 1 N–H and O–H groups in total. The van der Waals surface area contributed by atoms with Gasteiger partial charge in [0.1, 0.15) is 5.76 Å². The number of carbonyl (C=O) groups excluding carboxylic acids is 1. The third-order valence-corrected chi connectivity index (χ3v) is 3.32. The first kappa shape index (κ1) is 10.8. The second-order valence-corrected chi connectivity index (χ2v) is 4.83. The van der Waals surface area contributed by atoms with Crippen LogP contribution < -0.4 is 5.32 Å². The van der Waals surface area contributed by atoms with Crippen LogP contribution >= 0.6 is 0 Å². The summed E-state index contributed by atoms with van der Waals surface area (Å²) in [5.74, 6) is 1.63. The standard InChI is InChI=1S/C12H16N2O3/c15-12(13-6-8-3-4-16-7-8)10-5-11(17-14-10)9-1-2-9/h5,8-9H,1-4,6-7H2,(H,13,15)/t8-/m1/s1. The summed E-state index contributed by atoms with van der Waals surface area (Å²) < 4.78 is 10.4. The number of rotatable bonds is 4. The van der Waals surface area contributed by atoms with Crippen LogP contribution in [-0.2, 0) is 4.74 Å². The van der Waals surface area contributed by atoms with Crippen molar-refractivity contribution >= 4 is 5.91 Å². The number of carbonyl (C=O) groups is 1. The minimum absolute atomic E-state index is 0.146. The summed E-state index contributed by atoms with van der Waals surface area (Å²) in [6, 6.07) is 1.76. The molecule has 2 heterocycles. The van der Waals surface area contributed by atoms with Gasteiger partial charge in [0.15, 0.2) is 5.69 Å². The Hall–Kier alpha value is -1.36. The fourth-order valence-electron chi connectivity index (χ4n) is 2.03. The topological polar surface area (TPSA) is 64.4 Å². The number of hydrogen-bond donors (Lipinski definition) is 1. The van der Waals surface area contributed by atoms with Gasteiger partial charge >= 0.3 is 0 Å². The van der Waals surface area contributed by atoms with Gasteiger partial charge in [0.05, 0.1) is 6.61 Å². The Morgan fingerprint density at radius 3 is 3.06 bits per heavy atom. The van der Waals surface area contributed by atoms with Crippen LogP contribution in [0.5, 0.6) is 0 Å². The third-order valence-electron chi connectivity index (χ3n) is 3.32. The molecule has 5 heteroatoms. The van der Waals surface area contributed by atoms with Crippen molar-refractivity contribution in [2.45, 2.75) is 25.2 Å². The molecule has 2 fully saturated rings. The molecule has 1 aliphatic carbocycles. The Balaban J connectivity index is 1.53. The molecular weight excluding hydrogens is 220 g/mol. The first-order valence-electron chi connectivity index (χ1n) is 6.15. The van der Waals surface area contributed by atoms with E-state index in [-0.39, 0.29) is 5.91 Å². The van der Waals surface area contributed by atoms with Gasteiger partial charge in [-0.25, -0.2) is 0 Å². The van der Waals surface area contributed by atoms with Gasteiger partial charge in [-0.1, -0.05) is 5.16 Å². The molecule has 1 saturated carbocycles. The lowest BCUT2D eigenvalue weighted by molar-refractivity contribution is 0.0936. The van der Waals surface area contributed by atoms with Crippen molar-refractivity contribution in [1.82, 2.24) is 10.5 Å². The highest BCUT2D eigenvalue weighted by Crippen LogP contribution is 2.40. The van der Waals surface area contributed by atoms with Crippen LogP contribution in [0.4, 0.5) is 0 Å². The zero-order chi connectivity index (χ0) is 11.7. The lowest BCUT2D eigenvalue weighted by Gasteiger charge is -2.07. The summed E-state index contributed by atoms with van der Waals surface area (Å²) >= 11 is 0. The predicted molar refractivity (Wildman–Crippen MR) is 59.7 cm³/mol. The number of nitrogens with one attached hydrogen (secondary N) is 1. The summed E-state index contributed by atoms with van der Waals surface area (Å²) in [6.07, 6.45) is 3.32. The van der Waals surface area contributed by atoms with Crippen LogP contribution in [0.25, 0.3) is 0 Å².